The van der Waals surface area contributed by atoms with Crippen LogP contribution < -0.4 is 15.8 Å². The van der Waals surface area contributed by atoms with Gasteiger partial charge >= 0.3 is 0 Å². The first-order valence-corrected chi connectivity index (χ1v) is 8.21. The molecule has 5 heteroatoms. The van der Waals surface area contributed by atoms with Crippen LogP contribution in [0.3, 0.4) is 0 Å². The second-order valence-corrected chi connectivity index (χ2v) is 5.98. The van der Waals surface area contributed by atoms with Crippen molar-refractivity contribution in [1.82, 2.24) is 15.1 Å². The summed E-state index contributed by atoms with van der Waals surface area (Å²) in [5.41, 5.74) is 0.975. The first kappa shape index (κ1) is 16.0. The van der Waals surface area contributed by atoms with Gasteiger partial charge in [0.25, 0.3) is 5.56 Å². The van der Waals surface area contributed by atoms with Crippen LogP contribution in [0.25, 0.3) is 0 Å². The molecular weight excluding hydrogens is 264 g/mol. The fraction of sp³-hybridized carbons (Fsp3) is 0.750. The standard InChI is InChI=1S/C16H28N4O/c1-4-13(3)15(17-5-2)12-20-16(21)10-14(11-18-20)19-8-6-7-9-19/h10-11,13,15,17H,4-9,12H2,1-3H3. The summed E-state index contributed by atoms with van der Waals surface area (Å²) in [5, 5.41) is 7.85. The number of hydrogen-bond donors (Lipinski definition) is 1. The molecule has 5 nitrogen and oxygen atoms in total. The van der Waals surface area contributed by atoms with Crippen molar-refractivity contribution in [1.29, 1.82) is 0 Å². The summed E-state index contributed by atoms with van der Waals surface area (Å²) in [6.45, 7) is 10.1. The van der Waals surface area contributed by atoms with E-state index in [2.05, 4.69) is 36.1 Å². The molecule has 2 unspecified atom stereocenters. The van der Waals surface area contributed by atoms with Gasteiger partial charge in [-0.2, -0.15) is 5.10 Å². The number of rotatable bonds is 7. The molecule has 0 bridgehead atoms. The van der Waals surface area contributed by atoms with Gasteiger partial charge in [-0.25, -0.2) is 4.68 Å². The van der Waals surface area contributed by atoms with Crippen molar-refractivity contribution in [3.8, 4) is 0 Å². The van der Waals surface area contributed by atoms with Gasteiger partial charge in [-0.1, -0.05) is 27.2 Å². The van der Waals surface area contributed by atoms with Crippen LogP contribution >= 0.6 is 0 Å². The molecule has 1 aromatic rings. The van der Waals surface area contributed by atoms with Crippen molar-refractivity contribution < 1.29 is 0 Å². The zero-order valence-corrected chi connectivity index (χ0v) is 13.5. The molecule has 1 aliphatic rings. The molecule has 2 heterocycles. The molecule has 1 aliphatic heterocycles. The predicted molar refractivity (Wildman–Crippen MR) is 86.9 cm³/mol. The van der Waals surface area contributed by atoms with Gasteiger partial charge in [0.2, 0.25) is 0 Å². The summed E-state index contributed by atoms with van der Waals surface area (Å²) < 4.78 is 1.60. The van der Waals surface area contributed by atoms with Crippen LogP contribution in [0.2, 0.25) is 0 Å². The summed E-state index contributed by atoms with van der Waals surface area (Å²) in [6.07, 6.45) is 5.35. The van der Waals surface area contributed by atoms with E-state index in [0.717, 1.165) is 31.7 Å². The van der Waals surface area contributed by atoms with Crippen LogP contribution in [-0.4, -0.2) is 35.5 Å². The van der Waals surface area contributed by atoms with Gasteiger partial charge in [-0.15, -0.1) is 0 Å². The summed E-state index contributed by atoms with van der Waals surface area (Å²) >= 11 is 0. The molecule has 0 radical (unpaired) electrons. The monoisotopic (exact) mass is 292 g/mol. The second-order valence-electron chi connectivity index (χ2n) is 5.98. The molecule has 0 amide bonds. The van der Waals surface area contributed by atoms with Crippen molar-refractivity contribution in [2.45, 2.75) is 52.6 Å². The van der Waals surface area contributed by atoms with Crippen LogP contribution in [-0.2, 0) is 6.54 Å². The maximum absolute atomic E-state index is 12.3. The number of nitrogens with one attached hydrogen (secondary N) is 1. The molecule has 21 heavy (non-hydrogen) atoms. The maximum atomic E-state index is 12.3. The Labute approximate surface area is 127 Å². The normalized spacial score (nSPS) is 18.0. The third kappa shape index (κ3) is 4.06. The Morgan fingerprint density at radius 3 is 2.62 bits per heavy atom. The van der Waals surface area contributed by atoms with E-state index in [1.54, 1.807) is 10.7 Å². The van der Waals surface area contributed by atoms with Crippen LogP contribution in [0.1, 0.15) is 40.0 Å². The molecule has 0 aliphatic carbocycles. The Hall–Kier alpha value is -1.36. The van der Waals surface area contributed by atoms with Crippen LogP contribution in [0, 0.1) is 5.92 Å². The van der Waals surface area contributed by atoms with Crippen molar-refractivity contribution >= 4 is 5.69 Å². The third-order valence-electron chi connectivity index (χ3n) is 4.49. The van der Waals surface area contributed by atoms with Crippen LogP contribution in [0.15, 0.2) is 17.1 Å². The maximum Gasteiger partial charge on any atom is 0.268 e. The Balaban J connectivity index is 2.10. The van der Waals surface area contributed by atoms with E-state index in [0.29, 0.717) is 18.5 Å². The summed E-state index contributed by atoms with van der Waals surface area (Å²) in [5.74, 6) is 0.525. The zero-order chi connectivity index (χ0) is 15.2. The highest BCUT2D eigenvalue weighted by atomic mass is 16.1. The lowest BCUT2D eigenvalue weighted by molar-refractivity contribution is 0.318. The minimum atomic E-state index is 0.00519. The largest absolute Gasteiger partial charge is 0.370 e. The molecule has 0 saturated carbocycles. The highest BCUT2D eigenvalue weighted by Crippen LogP contribution is 2.17. The van der Waals surface area contributed by atoms with Gasteiger partial charge in [0, 0.05) is 25.2 Å². The van der Waals surface area contributed by atoms with Gasteiger partial charge in [0.05, 0.1) is 18.4 Å². The topological polar surface area (TPSA) is 50.2 Å². The molecule has 1 aromatic heterocycles. The lowest BCUT2D eigenvalue weighted by Crippen LogP contribution is -2.41. The number of anilines is 1. The Bertz CT molecular complexity index is 493. The zero-order valence-electron chi connectivity index (χ0n) is 13.5. The average molecular weight is 292 g/mol. The first-order valence-electron chi connectivity index (χ1n) is 8.21. The molecule has 0 aromatic carbocycles. The Morgan fingerprint density at radius 2 is 2.05 bits per heavy atom. The summed E-state index contributed by atoms with van der Waals surface area (Å²) in [4.78, 5) is 14.5. The van der Waals surface area contributed by atoms with Crippen LogP contribution in [0.4, 0.5) is 5.69 Å². The van der Waals surface area contributed by atoms with E-state index in [4.69, 9.17) is 0 Å². The number of hydrogen-bond acceptors (Lipinski definition) is 4. The van der Waals surface area contributed by atoms with Gasteiger partial charge in [-0.05, 0) is 25.3 Å². The van der Waals surface area contributed by atoms with Gasteiger partial charge in [0.15, 0.2) is 0 Å². The minimum Gasteiger partial charge on any atom is -0.370 e. The molecule has 0 spiro atoms. The third-order valence-corrected chi connectivity index (χ3v) is 4.49. The lowest BCUT2D eigenvalue weighted by atomic mass is 9.99. The number of likely N-dealkylation sites (N-methyl/N-ethyl adjacent to an activating group) is 1. The van der Waals surface area contributed by atoms with Gasteiger partial charge < -0.3 is 10.2 Å². The summed E-state index contributed by atoms with van der Waals surface area (Å²) in [7, 11) is 0. The average Bonchev–Trinajstić information content (AvgIpc) is 3.02. The first-order chi connectivity index (χ1) is 10.2. The minimum absolute atomic E-state index is 0.00519. The van der Waals surface area contributed by atoms with E-state index in [9.17, 15) is 4.79 Å². The van der Waals surface area contributed by atoms with E-state index < -0.39 is 0 Å². The summed E-state index contributed by atoms with van der Waals surface area (Å²) in [6, 6.07) is 2.03. The van der Waals surface area contributed by atoms with Crippen molar-refractivity contribution in [3.05, 3.63) is 22.6 Å². The van der Waals surface area contributed by atoms with Crippen molar-refractivity contribution in [2.24, 2.45) is 5.92 Å². The molecule has 2 rings (SSSR count). The molecule has 1 saturated heterocycles. The van der Waals surface area contributed by atoms with Gasteiger partial charge in [-0.3, -0.25) is 4.79 Å². The Morgan fingerprint density at radius 1 is 1.33 bits per heavy atom. The van der Waals surface area contributed by atoms with E-state index in [-0.39, 0.29) is 5.56 Å². The molecule has 1 N–H and O–H groups in total. The van der Waals surface area contributed by atoms with E-state index in [1.807, 2.05) is 6.20 Å². The number of aromatic nitrogens is 2. The molecule has 1 fully saturated rings. The van der Waals surface area contributed by atoms with E-state index >= 15 is 0 Å². The molecule has 118 valence electrons. The van der Waals surface area contributed by atoms with Crippen molar-refractivity contribution in [2.75, 3.05) is 24.5 Å². The SMILES string of the molecule is CCNC(Cn1ncc(N2CCCC2)cc1=O)C(C)CC. The Kier molecular flexibility index (Phi) is 5.79. The number of nitrogens with zero attached hydrogens (tertiary/aromatic N) is 3. The van der Waals surface area contributed by atoms with Gasteiger partial charge in [0.1, 0.15) is 0 Å². The highest BCUT2D eigenvalue weighted by Gasteiger charge is 2.18. The fourth-order valence-corrected chi connectivity index (χ4v) is 2.89. The molecular formula is C16H28N4O. The predicted octanol–water partition coefficient (Wildman–Crippen LogP) is 1.87. The quantitative estimate of drug-likeness (QED) is 0.833. The lowest BCUT2D eigenvalue weighted by Gasteiger charge is -2.24. The highest BCUT2D eigenvalue weighted by molar-refractivity contribution is 5.43. The van der Waals surface area contributed by atoms with Crippen molar-refractivity contribution in [3.63, 3.8) is 0 Å². The van der Waals surface area contributed by atoms with Crippen LogP contribution in [0.5, 0.6) is 0 Å². The van der Waals surface area contributed by atoms with E-state index in [1.165, 1.54) is 12.8 Å². The second kappa shape index (κ2) is 7.59. The smallest absolute Gasteiger partial charge is 0.268 e. The fourth-order valence-electron chi connectivity index (χ4n) is 2.89. The molecule has 2 atom stereocenters.